The highest BCUT2D eigenvalue weighted by Crippen LogP contribution is 2.16. The Morgan fingerprint density at radius 2 is 1.70 bits per heavy atom. The van der Waals surface area contributed by atoms with Gasteiger partial charge in [-0.3, -0.25) is 9.59 Å². The van der Waals surface area contributed by atoms with Crippen molar-refractivity contribution in [2.24, 2.45) is 5.92 Å². The van der Waals surface area contributed by atoms with E-state index in [2.05, 4.69) is 5.32 Å². The number of amides is 2. The van der Waals surface area contributed by atoms with Crippen molar-refractivity contribution >= 4 is 23.4 Å². The highest BCUT2D eigenvalue weighted by atomic mass is 35.5. The fourth-order valence-electron chi connectivity index (χ4n) is 2.67. The molecule has 1 atom stereocenters. The standard InChI is InChI=1S/C20H21ClF2N2O2/c1-12(2)18(24-19(26)17-15(22)8-5-9-16(17)23)20(27)25(3)11-13-6-4-7-14(21)10-13/h4-10,12,18H,11H2,1-3H3,(H,24,26)/t18-/m0/s1. The topological polar surface area (TPSA) is 49.4 Å². The molecule has 27 heavy (non-hydrogen) atoms. The number of hydrogen-bond donors (Lipinski definition) is 1. The summed E-state index contributed by atoms with van der Waals surface area (Å²) in [6, 6.07) is 9.30. The molecule has 2 rings (SSSR count). The van der Waals surface area contributed by atoms with Gasteiger partial charge in [-0.15, -0.1) is 0 Å². The fourth-order valence-corrected chi connectivity index (χ4v) is 2.88. The first-order chi connectivity index (χ1) is 12.7. The molecule has 0 heterocycles. The highest BCUT2D eigenvalue weighted by molar-refractivity contribution is 6.30. The van der Waals surface area contributed by atoms with Gasteiger partial charge >= 0.3 is 0 Å². The zero-order chi connectivity index (χ0) is 20.1. The predicted octanol–water partition coefficient (Wildman–Crippen LogP) is 4.03. The van der Waals surface area contributed by atoms with Crippen LogP contribution in [0.15, 0.2) is 42.5 Å². The van der Waals surface area contributed by atoms with E-state index in [1.807, 2.05) is 6.07 Å². The summed E-state index contributed by atoms with van der Waals surface area (Å²) in [5.74, 6) is -3.56. The summed E-state index contributed by atoms with van der Waals surface area (Å²) >= 11 is 5.96. The minimum Gasteiger partial charge on any atom is -0.340 e. The number of nitrogens with one attached hydrogen (secondary N) is 1. The summed E-state index contributed by atoms with van der Waals surface area (Å²) in [5.41, 5.74) is 0.126. The van der Waals surface area contributed by atoms with E-state index in [-0.39, 0.29) is 18.4 Å². The van der Waals surface area contributed by atoms with Gasteiger partial charge in [0.05, 0.1) is 0 Å². The van der Waals surface area contributed by atoms with E-state index in [0.29, 0.717) is 5.02 Å². The van der Waals surface area contributed by atoms with Crippen LogP contribution in [-0.4, -0.2) is 29.8 Å². The Kier molecular flexibility index (Phi) is 6.91. The van der Waals surface area contributed by atoms with E-state index in [1.165, 1.54) is 11.0 Å². The molecule has 0 aliphatic heterocycles. The van der Waals surface area contributed by atoms with Gasteiger partial charge in [0.1, 0.15) is 23.2 Å². The zero-order valence-corrected chi connectivity index (χ0v) is 16.1. The normalized spacial score (nSPS) is 12.0. The van der Waals surface area contributed by atoms with E-state index in [9.17, 15) is 18.4 Å². The quantitative estimate of drug-likeness (QED) is 0.804. The first kappa shape index (κ1) is 20.8. The summed E-state index contributed by atoms with van der Waals surface area (Å²) in [6.07, 6.45) is 0. The van der Waals surface area contributed by atoms with Gasteiger partial charge in [-0.25, -0.2) is 8.78 Å². The Bertz CT molecular complexity index is 822. The lowest BCUT2D eigenvalue weighted by Crippen LogP contribution is -2.50. The summed E-state index contributed by atoms with van der Waals surface area (Å²) in [5, 5.41) is 3.01. The summed E-state index contributed by atoms with van der Waals surface area (Å²) in [6.45, 7) is 3.77. The molecular formula is C20H21ClF2N2O2. The largest absolute Gasteiger partial charge is 0.340 e. The van der Waals surface area contributed by atoms with Crippen molar-refractivity contribution < 1.29 is 18.4 Å². The Balaban J connectivity index is 2.16. The number of halogens is 3. The van der Waals surface area contributed by atoms with Gasteiger partial charge in [-0.2, -0.15) is 0 Å². The van der Waals surface area contributed by atoms with Crippen molar-refractivity contribution in [3.8, 4) is 0 Å². The van der Waals surface area contributed by atoms with Crippen LogP contribution in [0.5, 0.6) is 0 Å². The van der Waals surface area contributed by atoms with Gasteiger partial charge in [0, 0.05) is 18.6 Å². The molecule has 2 aromatic carbocycles. The number of rotatable bonds is 6. The SMILES string of the molecule is CC(C)[C@H](NC(=O)c1c(F)cccc1F)C(=O)N(C)Cc1cccc(Cl)c1. The minimum atomic E-state index is -0.977. The van der Waals surface area contributed by atoms with E-state index in [4.69, 9.17) is 11.6 Å². The average Bonchev–Trinajstić information content (AvgIpc) is 2.58. The van der Waals surface area contributed by atoms with Crippen molar-refractivity contribution in [1.82, 2.24) is 10.2 Å². The second-order valence-electron chi connectivity index (χ2n) is 6.62. The zero-order valence-electron chi connectivity index (χ0n) is 15.3. The number of benzene rings is 2. The van der Waals surface area contributed by atoms with Crippen LogP contribution in [0.25, 0.3) is 0 Å². The Morgan fingerprint density at radius 3 is 2.26 bits per heavy atom. The van der Waals surface area contributed by atoms with E-state index in [0.717, 1.165) is 17.7 Å². The second-order valence-corrected chi connectivity index (χ2v) is 7.05. The lowest BCUT2D eigenvalue weighted by Gasteiger charge is -2.27. The van der Waals surface area contributed by atoms with Crippen molar-refractivity contribution in [3.63, 3.8) is 0 Å². The van der Waals surface area contributed by atoms with Gasteiger partial charge in [-0.05, 0) is 35.7 Å². The molecule has 7 heteroatoms. The number of hydrogen-bond acceptors (Lipinski definition) is 2. The highest BCUT2D eigenvalue weighted by Gasteiger charge is 2.29. The Morgan fingerprint density at radius 1 is 1.11 bits per heavy atom. The van der Waals surface area contributed by atoms with Crippen LogP contribution in [0.2, 0.25) is 5.02 Å². The van der Waals surface area contributed by atoms with Crippen LogP contribution >= 0.6 is 11.6 Å². The molecule has 0 unspecified atom stereocenters. The second kappa shape index (κ2) is 8.95. The van der Waals surface area contributed by atoms with Gasteiger partial charge in [-0.1, -0.05) is 43.6 Å². The Hall–Kier alpha value is -2.47. The molecule has 0 bridgehead atoms. The minimum absolute atomic E-state index is 0.280. The fraction of sp³-hybridized carbons (Fsp3) is 0.300. The summed E-state index contributed by atoms with van der Waals surface area (Å²) in [7, 11) is 1.59. The van der Waals surface area contributed by atoms with E-state index >= 15 is 0 Å². The summed E-state index contributed by atoms with van der Waals surface area (Å²) in [4.78, 5) is 26.6. The van der Waals surface area contributed by atoms with Crippen LogP contribution < -0.4 is 5.32 Å². The molecule has 2 aromatic rings. The molecule has 144 valence electrons. The molecule has 0 saturated heterocycles. The van der Waals surface area contributed by atoms with E-state index < -0.39 is 29.1 Å². The van der Waals surface area contributed by atoms with Crippen LogP contribution in [0, 0.1) is 17.6 Å². The van der Waals surface area contributed by atoms with Crippen LogP contribution in [0.1, 0.15) is 29.8 Å². The molecule has 0 fully saturated rings. The maximum atomic E-state index is 13.8. The molecular weight excluding hydrogens is 374 g/mol. The number of nitrogens with zero attached hydrogens (tertiary/aromatic N) is 1. The van der Waals surface area contributed by atoms with Crippen molar-refractivity contribution in [2.75, 3.05) is 7.05 Å². The molecule has 0 spiro atoms. The van der Waals surface area contributed by atoms with Crippen molar-refractivity contribution in [3.05, 3.63) is 70.2 Å². The molecule has 4 nitrogen and oxygen atoms in total. The molecule has 1 N–H and O–H groups in total. The smallest absolute Gasteiger partial charge is 0.257 e. The van der Waals surface area contributed by atoms with Gasteiger partial charge < -0.3 is 10.2 Å². The predicted molar refractivity (Wildman–Crippen MR) is 100 cm³/mol. The third-order valence-electron chi connectivity index (χ3n) is 4.09. The van der Waals surface area contributed by atoms with Crippen molar-refractivity contribution in [1.29, 1.82) is 0 Å². The van der Waals surface area contributed by atoms with Gasteiger partial charge in [0.25, 0.3) is 5.91 Å². The van der Waals surface area contributed by atoms with Gasteiger partial charge in [0.15, 0.2) is 0 Å². The van der Waals surface area contributed by atoms with Crippen LogP contribution in [-0.2, 0) is 11.3 Å². The monoisotopic (exact) mass is 394 g/mol. The van der Waals surface area contributed by atoms with Crippen LogP contribution in [0.4, 0.5) is 8.78 Å². The molecule has 0 radical (unpaired) electrons. The lowest BCUT2D eigenvalue weighted by molar-refractivity contribution is -0.133. The lowest BCUT2D eigenvalue weighted by atomic mass is 10.0. The third kappa shape index (κ3) is 5.26. The van der Waals surface area contributed by atoms with Crippen LogP contribution in [0.3, 0.4) is 0 Å². The third-order valence-corrected chi connectivity index (χ3v) is 4.33. The molecule has 0 saturated carbocycles. The van der Waals surface area contributed by atoms with Crippen molar-refractivity contribution in [2.45, 2.75) is 26.4 Å². The Labute approximate surface area is 162 Å². The number of likely N-dealkylation sites (N-methyl/N-ethyl adjacent to an activating group) is 1. The number of carbonyl (C=O) groups excluding carboxylic acids is 2. The first-order valence-corrected chi connectivity index (χ1v) is 8.82. The first-order valence-electron chi connectivity index (χ1n) is 8.45. The molecule has 0 aliphatic rings. The molecule has 0 aromatic heterocycles. The number of carbonyl (C=O) groups is 2. The molecule has 0 aliphatic carbocycles. The van der Waals surface area contributed by atoms with Gasteiger partial charge in [0.2, 0.25) is 5.91 Å². The molecule has 2 amide bonds. The maximum absolute atomic E-state index is 13.8. The average molecular weight is 395 g/mol. The summed E-state index contributed by atoms with van der Waals surface area (Å²) < 4.78 is 27.7. The van der Waals surface area contributed by atoms with E-state index in [1.54, 1.807) is 39.1 Å². The maximum Gasteiger partial charge on any atom is 0.257 e.